The van der Waals surface area contributed by atoms with E-state index in [9.17, 15) is 9.59 Å². The largest absolute Gasteiger partial charge is 0.338 e. The number of urea groups is 1. The number of nitrogens with one attached hydrogen (secondary N) is 3. The molecule has 6 heteroatoms. The van der Waals surface area contributed by atoms with Crippen molar-refractivity contribution in [3.8, 4) is 0 Å². The molecule has 0 radical (unpaired) electrons. The van der Waals surface area contributed by atoms with Crippen molar-refractivity contribution in [2.24, 2.45) is 0 Å². The molecule has 1 aromatic rings. The maximum atomic E-state index is 11.6. The molecule has 0 aliphatic rings. The Morgan fingerprint density at radius 2 is 2.24 bits per heavy atom. The fourth-order valence-corrected chi connectivity index (χ4v) is 1.84. The minimum absolute atomic E-state index is 0.326. The van der Waals surface area contributed by atoms with E-state index in [0.29, 0.717) is 13.1 Å². The molecule has 1 heterocycles. The summed E-state index contributed by atoms with van der Waals surface area (Å²) < 4.78 is 0. The first-order valence-corrected chi connectivity index (χ1v) is 6.36. The molecule has 0 fully saturated rings. The van der Waals surface area contributed by atoms with Crippen molar-refractivity contribution in [1.29, 1.82) is 0 Å². The Hall–Kier alpha value is -1.40. The zero-order valence-electron chi connectivity index (χ0n) is 9.95. The van der Waals surface area contributed by atoms with E-state index < -0.39 is 12.1 Å². The van der Waals surface area contributed by atoms with E-state index in [1.165, 1.54) is 0 Å². The zero-order chi connectivity index (χ0) is 12.7. The summed E-state index contributed by atoms with van der Waals surface area (Å²) in [5, 5.41) is 9.80. The highest BCUT2D eigenvalue weighted by Crippen LogP contribution is 2.07. The minimum atomic E-state index is -0.456. The normalized spacial score (nSPS) is 11.9. The smallest absolute Gasteiger partial charge is 0.321 e. The molecule has 1 rings (SSSR count). The molecule has 3 N–H and O–H groups in total. The van der Waals surface area contributed by atoms with Crippen molar-refractivity contribution in [2.45, 2.75) is 26.4 Å². The van der Waals surface area contributed by atoms with E-state index in [-0.39, 0.29) is 5.91 Å². The average Bonchev–Trinajstić information content (AvgIpc) is 2.78. The molecule has 0 aliphatic carbocycles. The first-order valence-electron chi connectivity index (χ1n) is 5.48. The molecule has 0 spiro atoms. The van der Waals surface area contributed by atoms with Gasteiger partial charge >= 0.3 is 6.03 Å². The topological polar surface area (TPSA) is 70.2 Å². The van der Waals surface area contributed by atoms with Gasteiger partial charge in [0.1, 0.15) is 0 Å². The maximum absolute atomic E-state index is 11.6. The highest BCUT2D eigenvalue weighted by atomic mass is 32.1. The summed E-state index contributed by atoms with van der Waals surface area (Å²) in [6, 6.07) is 3.09. The Balaban J connectivity index is 2.29. The van der Waals surface area contributed by atoms with Crippen molar-refractivity contribution in [3.63, 3.8) is 0 Å². The van der Waals surface area contributed by atoms with Crippen LogP contribution in [0.1, 0.15) is 18.7 Å². The van der Waals surface area contributed by atoms with E-state index in [1.54, 1.807) is 25.2 Å². The SMILES string of the molecule is CCNC(=O)NC(=O)C(C)NCc1cccs1. The Bertz CT molecular complexity index is 365. The fraction of sp³-hybridized carbons (Fsp3) is 0.455. The van der Waals surface area contributed by atoms with Crippen molar-refractivity contribution in [3.05, 3.63) is 22.4 Å². The van der Waals surface area contributed by atoms with Crippen LogP contribution in [0.3, 0.4) is 0 Å². The number of imide groups is 1. The van der Waals surface area contributed by atoms with Crippen molar-refractivity contribution in [1.82, 2.24) is 16.0 Å². The molecule has 0 aromatic carbocycles. The second-order valence-electron chi connectivity index (χ2n) is 3.53. The Labute approximate surface area is 105 Å². The third-order valence-corrected chi connectivity index (χ3v) is 3.01. The summed E-state index contributed by atoms with van der Waals surface area (Å²) in [5.41, 5.74) is 0. The predicted octanol–water partition coefficient (Wildman–Crippen LogP) is 1.07. The van der Waals surface area contributed by atoms with Gasteiger partial charge in [-0.1, -0.05) is 6.07 Å². The van der Waals surface area contributed by atoms with Crippen LogP contribution in [-0.2, 0) is 11.3 Å². The van der Waals surface area contributed by atoms with Crippen LogP contribution in [-0.4, -0.2) is 24.5 Å². The molecule has 17 heavy (non-hydrogen) atoms. The average molecular weight is 255 g/mol. The molecular weight excluding hydrogens is 238 g/mol. The molecular formula is C11H17N3O2S. The lowest BCUT2D eigenvalue weighted by Gasteiger charge is -2.12. The summed E-state index contributed by atoms with van der Waals surface area (Å²) in [7, 11) is 0. The van der Waals surface area contributed by atoms with Crippen LogP contribution in [0.15, 0.2) is 17.5 Å². The third-order valence-electron chi connectivity index (χ3n) is 2.13. The van der Waals surface area contributed by atoms with Gasteiger partial charge in [-0.2, -0.15) is 0 Å². The van der Waals surface area contributed by atoms with E-state index >= 15 is 0 Å². The third kappa shape index (κ3) is 4.97. The maximum Gasteiger partial charge on any atom is 0.321 e. The van der Waals surface area contributed by atoms with E-state index in [1.807, 2.05) is 17.5 Å². The van der Waals surface area contributed by atoms with Gasteiger partial charge < -0.3 is 10.6 Å². The van der Waals surface area contributed by atoms with Crippen molar-refractivity contribution >= 4 is 23.3 Å². The van der Waals surface area contributed by atoms with Gasteiger partial charge in [0, 0.05) is 18.0 Å². The fourth-order valence-electron chi connectivity index (χ4n) is 1.18. The van der Waals surface area contributed by atoms with Gasteiger partial charge in [0.05, 0.1) is 6.04 Å². The molecule has 1 unspecified atom stereocenters. The number of hydrogen-bond donors (Lipinski definition) is 3. The summed E-state index contributed by atoms with van der Waals surface area (Å²) in [4.78, 5) is 23.8. The number of carbonyl (C=O) groups excluding carboxylic acids is 2. The van der Waals surface area contributed by atoms with Crippen LogP contribution in [0, 0.1) is 0 Å². The number of carbonyl (C=O) groups is 2. The van der Waals surface area contributed by atoms with Gasteiger partial charge in [0.2, 0.25) is 5.91 Å². The number of amides is 3. The lowest BCUT2D eigenvalue weighted by molar-refractivity contribution is -0.121. The van der Waals surface area contributed by atoms with Crippen LogP contribution in [0.4, 0.5) is 4.79 Å². The second-order valence-corrected chi connectivity index (χ2v) is 4.56. The Morgan fingerprint density at radius 1 is 1.47 bits per heavy atom. The van der Waals surface area contributed by atoms with Gasteiger partial charge in [0.25, 0.3) is 0 Å². The molecule has 0 aliphatic heterocycles. The summed E-state index contributed by atoms with van der Waals surface area (Å²) in [6.07, 6.45) is 0. The summed E-state index contributed by atoms with van der Waals surface area (Å²) in [6.45, 7) is 4.64. The molecule has 1 atom stereocenters. The highest BCUT2D eigenvalue weighted by molar-refractivity contribution is 7.09. The summed E-state index contributed by atoms with van der Waals surface area (Å²) in [5.74, 6) is -0.326. The lowest BCUT2D eigenvalue weighted by atomic mass is 10.3. The van der Waals surface area contributed by atoms with Crippen LogP contribution in [0.25, 0.3) is 0 Å². The van der Waals surface area contributed by atoms with Gasteiger partial charge in [-0.25, -0.2) is 4.79 Å². The first-order chi connectivity index (χ1) is 8.13. The van der Waals surface area contributed by atoms with Gasteiger partial charge in [0.15, 0.2) is 0 Å². The summed E-state index contributed by atoms with van der Waals surface area (Å²) >= 11 is 1.63. The quantitative estimate of drug-likeness (QED) is 0.737. The second kappa shape index (κ2) is 7.03. The van der Waals surface area contributed by atoms with E-state index in [2.05, 4.69) is 16.0 Å². The standard InChI is InChI=1S/C11H17N3O2S/c1-3-12-11(16)14-10(15)8(2)13-7-9-5-4-6-17-9/h4-6,8,13H,3,7H2,1-2H3,(H2,12,14,15,16). The van der Waals surface area contributed by atoms with E-state index in [0.717, 1.165) is 4.88 Å². The Morgan fingerprint density at radius 3 is 2.82 bits per heavy atom. The minimum Gasteiger partial charge on any atom is -0.338 e. The molecule has 3 amide bonds. The molecule has 0 saturated heterocycles. The molecule has 0 saturated carbocycles. The monoisotopic (exact) mass is 255 g/mol. The van der Waals surface area contributed by atoms with Crippen LogP contribution in [0.2, 0.25) is 0 Å². The molecule has 1 aromatic heterocycles. The van der Waals surface area contributed by atoms with Crippen LogP contribution in [0.5, 0.6) is 0 Å². The van der Waals surface area contributed by atoms with Gasteiger partial charge in [-0.15, -0.1) is 11.3 Å². The highest BCUT2D eigenvalue weighted by Gasteiger charge is 2.14. The van der Waals surface area contributed by atoms with Crippen LogP contribution >= 0.6 is 11.3 Å². The number of hydrogen-bond acceptors (Lipinski definition) is 4. The first kappa shape index (κ1) is 13.7. The predicted molar refractivity (Wildman–Crippen MR) is 67.8 cm³/mol. The van der Waals surface area contributed by atoms with Gasteiger partial charge in [-0.3, -0.25) is 10.1 Å². The van der Waals surface area contributed by atoms with Crippen molar-refractivity contribution < 1.29 is 9.59 Å². The van der Waals surface area contributed by atoms with Crippen molar-refractivity contribution in [2.75, 3.05) is 6.54 Å². The van der Waals surface area contributed by atoms with Gasteiger partial charge in [-0.05, 0) is 25.3 Å². The number of rotatable bonds is 5. The molecule has 94 valence electrons. The lowest BCUT2D eigenvalue weighted by Crippen LogP contribution is -2.47. The molecule has 0 bridgehead atoms. The van der Waals surface area contributed by atoms with Crippen LogP contribution < -0.4 is 16.0 Å². The zero-order valence-corrected chi connectivity index (χ0v) is 10.8. The Kier molecular flexibility index (Phi) is 5.65. The number of thiophene rings is 1. The molecule has 5 nitrogen and oxygen atoms in total. The van der Waals surface area contributed by atoms with E-state index in [4.69, 9.17) is 0 Å².